The van der Waals surface area contributed by atoms with Crippen LogP contribution in [-0.2, 0) is 10.9 Å². The molecule has 0 aliphatic heterocycles. The Morgan fingerprint density at radius 3 is 1.40 bits per heavy atom. The van der Waals surface area contributed by atoms with E-state index in [-0.39, 0.29) is 18.0 Å². The van der Waals surface area contributed by atoms with Crippen LogP contribution in [0.1, 0.15) is 95.5 Å². The van der Waals surface area contributed by atoms with Crippen molar-refractivity contribution in [3.63, 3.8) is 0 Å². The molecule has 0 saturated heterocycles. The predicted molar refractivity (Wildman–Crippen MR) is 208 cm³/mol. The number of aromatic nitrogens is 1. The molecule has 0 amide bonds. The molecule has 1 N–H and O–H groups in total. The summed E-state index contributed by atoms with van der Waals surface area (Å²) in [5.74, 6) is 0.724. The maximum absolute atomic E-state index is 4.87. The normalized spacial score (nSPS) is 13.8. The van der Waals surface area contributed by atoms with Crippen molar-refractivity contribution in [2.24, 2.45) is 0 Å². The summed E-state index contributed by atoms with van der Waals surface area (Å²) in [5, 5.41) is 4.10. The molecular weight excluding hydrogens is 722 g/mol. The summed E-state index contributed by atoms with van der Waals surface area (Å²) < 4.78 is 2.27. The van der Waals surface area contributed by atoms with Crippen LogP contribution in [0.25, 0.3) is 0 Å². The van der Waals surface area contributed by atoms with Gasteiger partial charge in [0.05, 0.1) is 0 Å². The summed E-state index contributed by atoms with van der Waals surface area (Å²) in [6, 6.07) is 55.7. The van der Waals surface area contributed by atoms with Gasteiger partial charge in [0.1, 0.15) is 0 Å². The molecule has 5 aromatic carbocycles. The average molecular weight is 765 g/mol. The summed E-state index contributed by atoms with van der Waals surface area (Å²) in [4.78, 5) is 0. The SMILES string of the molecule is CC(Nc1c(C2CCCC2)cc(C(c2ccccc2)c2ccccc2)cc1C(c1ccccc1)c1ccccc1)[n+]1ccccc1.[Cl][Co]([Cl])[Cl]. The second-order valence-electron chi connectivity index (χ2n) is 12.9. The Hall–Kier alpha value is -3.57. The van der Waals surface area contributed by atoms with Crippen LogP contribution in [0, 0.1) is 0 Å². The first-order valence-electron chi connectivity index (χ1n) is 17.2. The molecule has 1 aliphatic carbocycles. The Balaban J connectivity index is 0.00000103. The van der Waals surface area contributed by atoms with Gasteiger partial charge in [0.15, 0.2) is 12.4 Å². The Kier molecular flexibility index (Phi) is 13.1. The zero-order chi connectivity index (χ0) is 34.7. The number of benzene rings is 5. The van der Waals surface area contributed by atoms with Gasteiger partial charge in [-0.1, -0.05) is 152 Å². The molecule has 50 heavy (non-hydrogen) atoms. The van der Waals surface area contributed by atoms with E-state index in [9.17, 15) is 0 Å². The summed E-state index contributed by atoms with van der Waals surface area (Å²) in [6.45, 7) is 2.27. The minimum absolute atomic E-state index is 0.0742. The van der Waals surface area contributed by atoms with Gasteiger partial charge < -0.3 is 5.32 Å². The Labute approximate surface area is 314 Å². The van der Waals surface area contributed by atoms with Gasteiger partial charge in [-0.05, 0) is 57.7 Å². The number of hydrogen-bond acceptors (Lipinski definition) is 1. The van der Waals surface area contributed by atoms with Gasteiger partial charge in [-0.2, -0.15) is 4.57 Å². The first-order valence-corrected chi connectivity index (χ1v) is 21.5. The van der Waals surface area contributed by atoms with Crippen LogP contribution >= 0.6 is 30.4 Å². The molecular formula is C44H43Cl3CoN2+. The Bertz CT molecular complexity index is 1800. The van der Waals surface area contributed by atoms with Gasteiger partial charge in [-0.25, -0.2) is 0 Å². The van der Waals surface area contributed by atoms with Crippen LogP contribution in [-0.4, -0.2) is 0 Å². The summed E-state index contributed by atoms with van der Waals surface area (Å²) in [6.07, 6.45) is 9.43. The predicted octanol–water partition coefficient (Wildman–Crippen LogP) is 12.7. The molecule has 1 atom stereocenters. The van der Waals surface area contributed by atoms with Crippen LogP contribution in [0.5, 0.6) is 0 Å². The maximum atomic E-state index is 4.87. The van der Waals surface area contributed by atoms with Gasteiger partial charge in [-0.3, -0.25) is 0 Å². The molecule has 2 nitrogen and oxygen atoms in total. The third-order valence-electron chi connectivity index (χ3n) is 9.73. The molecule has 1 heterocycles. The molecule has 1 fully saturated rings. The molecule has 1 saturated carbocycles. The first kappa shape index (κ1) is 36.2. The summed E-state index contributed by atoms with van der Waals surface area (Å²) >= 11 is 0. The van der Waals surface area contributed by atoms with Crippen LogP contribution in [0.15, 0.2) is 164 Å². The van der Waals surface area contributed by atoms with Crippen molar-refractivity contribution in [2.75, 3.05) is 5.32 Å². The third kappa shape index (κ3) is 9.20. The first-order chi connectivity index (χ1) is 24.5. The van der Waals surface area contributed by atoms with Crippen molar-refractivity contribution in [3.8, 4) is 0 Å². The van der Waals surface area contributed by atoms with E-state index in [1.807, 2.05) is 0 Å². The van der Waals surface area contributed by atoms with E-state index in [1.165, 1.54) is 70.3 Å². The standard InChI is InChI=1S/C44H43N2.3ClH.Co/c1-33(46-29-17-6-18-30-46)45-44-40(34-19-15-16-20-34)31-39(42(35-21-7-2-8-22-35)36-23-9-3-10-24-36)32-41(44)43(37-25-11-4-12-26-37)38-27-13-5-14-28-38;;;;/h2-14,17-18,21-34,42-43,45H,15-16,19-20H2,1H3;3*1H;/q+1;;;;+3/p-3. The van der Waals surface area contributed by atoms with Crippen molar-refractivity contribution < 1.29 is 15.5 Å². The van der Waals surface area contributed by atoms with Crippen molar-refractivity contribution in [1.82, 2.24) is 0 Å². The second kappa shape index (κ2) is 18.1. The molecule has 1 aliphatic rings. The van der Waals surface area contributed by atoms with E-state index in [2.05, 4.69) is 181 Å². The monoisotopic (exact) mass is 763 g/mol. The Morgan fingerprint density at radius 1 is 0.560 bits per heavy atom. The zero-order valence-corrected chi connectivity index (χ0v) is 31.4. The fraction of sp³-hybridized carbons (Fsp3) is 0.205. The fourth-order valence-electron chi connectivity index (χ4n) is 7.50. The third-order valence-corrected chi connectivity index (χ3v) is 9.73. The zero-order valence-electron chi connectivity index (χ0n) is 28.1. The average Bonchev–Trinajstić information content (AvgIpc) is 3.70. The fourth-order valence-corrected chi connectivity index (χ4v) is 7.50. The number of nitrogens with zero attached hydrogens (tertiary/aromatic N) is 1. The molecule has 1 aromatic heterocycles. The number of pyridine rings is 1. The van der Waals surface area contributed by atoms with E-state index in [1.54, 1.807) is 0 Å². The quantitative estimate of drug-likeness (QED) is 0.108. The van der Waals surface area contributed by atoms with Crippen LogP contribution in [0.4, 0.5) is 5.69 Å². The van der Waals surface area contributed by atoms with Crippen molar-refractivity contribution in [2.45, 2.75) is 56.5 Å². The van der Waals surface area contributed by atoms with Crippen LogP contribution in [0.2, 0.25) is 0 Å². The van der Waals surface area contributed by atoms with E-state index in [0.717, 1.165) is 0 Å². The van der Waals surface area contributed by atoms with Crippen LogP contribution < -0.4 is 9.88 Å². The Morgan fingerprint density at radius 2 is 0.960 bits per heavy atom. The van der Waals surface area contributed by atoms with E-state index < -0.39 is 10.9 Å². The topological polar surface area (TPSA) is 15.9 Å². The van der Waals surface area contributed by atoms with Gasteiger partial charge in [0, 0.05) is 36.6 Å². The number of anilines is 1. The number of nitrogens with one attached hydrogen (secondary N) is 1. The molecule has 258 valence electrons. The number of halogens is 3. The van der Waals surface area contributed by atoms with E-state index in [4.69, 9.17) is 30.4 Å². The summed E-state index contributed by atoms with van der Waals surface area (Å²) in [5.41, 5.74) is 10.7. The molecule has 0 bridgehead atoms. The van der Waals surface area contributed by atoms with Gasteiger partial charge in [0.2, 0.25) is 6.17 Å². The molecule has 0 radical (unpaired) electrons. The second-order valence-corrected chi connectivity index (χ2v) is 18.0. The summed E-state index contributed by atoms with van der Waals surface area (Å²) in [7, 11) is 13.4. The van der Waals surface area contributed by atoms with Gasteiger partial charge in [-0.15, -0.1) is 0 Å². The molecule has 1 unspecified atom stereocenters. The van der Waals surface area contributed by atoms with Crippen molar-refractivity contribution in [1.29, 1.82) is 0 Å². The van der Waals surface area contributed by atoms with E-state index >= 15 is 0 Å². The van der Waals surface area contributed by atoms with E-state index in [0.29, 0.717) is 5.92 Å². The molecule has 6 heteroatoms. The molecule has 0 spiro atoms. The van der Waals surface area contributed by atoms with Crippen LogP contribution in [0.3, 0.4) is 0 Å². The van der Waals surface area contributed by atoms with Crippen molar-refractivity contribution in [3.05, 3.63) is 203 Å². The molecule has 7 rings (SSSR count). The number of rotatable bonds is 10. The van der Waals surface area contributed by atoms with Gasteiger partial charge >= 0.3 is 41.4 Å². The van der Waals surface area contributed by atoms with Crippen molar-refractivity contribution >= 4 is 36.1 Å². The van der Waals surface area contributed by atoms with Gasteiger partial charge in [0.25, 0.3) is 0 Å². The minimum atomic E-state index is -1.19. The molecule has 6 aromatic rings. The number of hydrogen-bond donors (Lipinski definition) is 1.